The predicted octanol–water partition coefficient (Wildman–Crippen LogP) is 3.41. The molecule has 8 heteroatoms. The molecule has 4 nitrogen and oxygen atoms in total. The first-order valence-electron chi connectivity index (χ1n) is 4.34. The molecule has 90 valence electrons. The lowest BCUT2D eigenvalue weighted by molar-refractivity contribution is -0.137. The van der Waals surface area contributed by atoms with Crippen molar-refractivity contribution in [2.75, 3.05) is 5.32 Å². The van der Waals surface area contributed by atoms with E-state index in [1.54, 1.807) is 0 Å². The number of halogens is 3. The van der Waals surface area contributed by atoms with Crippen LogP contribution < -0.4 is 5.32 Å². The molecule has 0 bridgehead atoms. The van der Waals surface area contributed by atoms with E-state index in [2.05, 4.69) is 10.3 Å². The molecule has 0 radical (unpaired) electrons. The van der Waals surface area contributed by atoms with Gasteiger partial charge >= 0.3 is 12.3 Å². The van der Waals surface area contributed by atoms with Crippen LogP contribution in [0.15, 0.2) is 18.2 Å². The molecular weight excluding hydrogens is 257 g/mol. The molecule has 2 aromatic rings. The number of amides is 1. The van der Waals surface area contributed by atoms with Crippen LogP contribution in [0.1, 0.15) is 5.01 Å². The van der Waals surface area contributed by atoms with Gasteiger partial charge in [0, 0.05) is 5.69 Å². The third-order valence-corrected chi connectivity index (χ3v) is 2.95. The molecule has 2 N–H and O–H groups in total. The van der Waals surface area contributed by atoms with Crippen molar-refractivity contribution in [3.05, 3.63) is 23.2 Å². The fourth-order valence-corrected chi connectivity index (χ4v) is 2.12. The summed E-state index contributed by atoms with van der Waals surface area (Å²) >= 11 is 0.476. The normalized spacial score (nSPS) is 11.7. The number of benzene rings is 1. The van der Waals surface area contributed by atoms with Crippen LogP contribution in [-0.4, -0.2) is 16.2 Å². The van der Waals surface area contributed by atoms with E-state index in [1.165, 1.54) is 18.2 Å². The van der Waals surface area contributed by atoms with Crippen LogP contribution in [0.5, 0.6) is 0 Å². The van der Waals surface area contributed by atoms with Gasteiger partial charge in [-0.25, -0.2) is 9.78 Å². The Bertz CT molecular complexity index is 579. The summed E-state index contributed by atoms with van der Waals surface area (Å²) in [5.74, 6) is 0. The number of alkyl halides is 3. The van der Waals surface area contributed by atoms with Crippen LogP contribution >= 0.6 is 11.3 Å². The maximum atomic E-state index is 12.4. The Kier molecular flexibility index (Phi) is 2.66. The lowest BCUT2D eigenvalue weighted by atomic mass is 10.3. The molecule has 1 amide bonds. The Morgan fingerprint density at radius 3 is 2.71 bits per heavy atom. The van der Waals surface area contributed by atoms with Crippen molar-refractivity contribution in [1.29, 1.82) is 0 Å². The van der Waals surface area contributed by atoms with E-state index in [0.29, 0.717) is 11.3 Å². The second kappa shape index (κ2) is 3.88. The molecule has 1 heterocycles. The highest BCUT2D eigenvalue weighted by atomic mass is 32.1. The summed E-state index contributed by atoms with van der Waals surface area (Å²) in [7, 11) is 0. The zero-order chi connectivity index (χ0) is 12.6. The van der Waals surface area contributed by atoms with Crippen LogP contribution in [-0.2, 0) is 6.18 Å². The molecule has 17 heavy (non-hydrogen) atoms. The van der Waals surface area contributed by atoms with Gasteiger partial charge in [0.2, 0.25) is 0 Å². The number of anilines is 1. The molecule has 1 aromatic carbocycles. The largest absolute Gasteiger partial charge is 0.465 e. The summed E-state index contributed by atoms with van der Waals surface area (Å²) in [5, 5.41) is 9.58. The van der Waals surface area contributed by atoms with E-state index in [-0.39, 0.29) is 15.9 Å². The van der Waals surface area contributed by atoms with E-state index in [4.69, 9.17) is 5.11 Å². The van der Waals surface area contributed by atoms with Gasteiger partial charge in [-0.2, -0.15) is 13.2 Å². The minimum atomic E-state index is -4.48. The summed E-state index contributed by atoms with van der Waals surface area (Å²) in [6.45, 7) is 0. The van der Waals surface area contributed by atoms with Crippen LogP contribution in [0.2, 0.25) is 0 Å². The van der Waals surface area contributed by atoms with Crippen molar-refractivity contribution in [2.24, 2.45) is 0 Å². The summed E-state index contributed by atoms with van der Waals surface area (Å²) in [4.78, 5) is 13.8. The second-order valence-corrected chi connectivity index (χ2v) is 4.16. The molecular formula is C9H5F3N2O2S. The minimum Gasteiger partial charge on any atom is -0.465 e. The highest BCUT2D eigenvalue weighted by molar-refractivity contribution is 7.18. The first kappa shape index (κ1) is 11.6. The fraction of sp³-hybridized carbons (Fsp3) is 0.111. The van der Waals surface area contributed by atoms with Gasteiger partial charge in [-0.1, -0.05) is 0 Å². The van der Waals surface area contributed by atoms with Gasteiger partial charge in [-0.15, -0.1) is 11.3 Å². The molecule has 0 fully saturated rings. The van der Waals surface area contributed by atoms with Gasteiger partial charge in [-0.3, -0.25) is 5.32 Å². The van der Waals surface area contributed by atoms with Crippen LogP contribution in [0, 0.1) is 0 Å². The van der Waals surface area contributed by atoms with Gasteiger partial charge in [0.05, 0.1) is 10.2 Å². The zero-order valence-electron chi connectivity index (χ0n) is 8.08. The fourth-order valence-electron chi connectivity index (χ4n) is 1.25. The number of carbonyl (C=O) groups is 1. The van der Waals surface area contributed by atoms with Gasteiger partial charge < -0.3 is 5.11 Å². The minimum absolute atomic E-state index is 0.193. The number of fused-ring (bicyclic) bond motifs is 1. The quantitative estimate of drug-likeness (QED) is 0.827. The van der Waals surface area contributed by atoms with Crippen molar-refractivity contribution in [2.45, 2.75) is 6.18 Å². The monoisotopic (exact) mass is 262 g/mol. The highest BCUT2D eigenvalue weighted by Gasteiger charge is 2.34. The predicted molar refractivity (Wildman–Crippen MR) is 56.3 cm³/mol. The average molecular weight is 262 g/mol. The summed E-state index contributed by atoms with van der Waals surface area (Å²) < 4.78 is 37.4. The van der Waals surface area contributed by atoms with Gasteiger partial charge in [0.25, 0.3) is 0 Å². The Morgan fingerprint density at radius 1 is 1.41 bits per heavy atom. The molecule has 0 aliphatic rings. The average Bonchev–Trinajstić information content (AvgIpc) is 2.58. The molecule has 0 unspecified atom stereocenters. The molecule has 2 rings (SSSR count). The van der Waals surface area contributed by atoms with Crippen molar-refractivity contribution >= 4 is 33.3 Å². The lowest BCUT2D eigenvalue weighted by Crippen LogP contribution is -2.06. The number of hydrogen-bond donors (Lipinski definition) is 2. The Balaban J connectivity index is 2.44. The first-order valence-corrected chi connectivity index (χ1v) is 5.15. The maximum absolute atomic E-state index is 12.4. The van der Waals surface area contributed by atoms with E-state index in [0.717, 1.165) is 0 Å². The van der Waals surface area contributed by atoms with Gasteiger partial charge in [-0.05, 0) is 18.2 Å². The first-order chi connectivity index (χ1) is 7.86. The molecule has 0 aliphatic carbocycles. The number of nitrogens with one attached hydrogen (secondary N) is 1. The highest BCUT2D eigenvalue weighted by Crippen LogP contribution is 2.36. The summed E-state index contributed by atoms with van der Waals surface area (Å²) in [6.07, 6.45) is -5.76. The molecule has 0 saturated carbocycles. The lowest BCUT2D eigenvalue weighted by Gasteiger charge is -1.98. The Hall–Kier alpha value is -1.83. The van der Waals surface area contributed by atoms with Crippen molar-refractivity contribution in [1.82, 2.24) is 4.98 Å². The second-order valence-electron chi connectivity index (χ2n) is 3.13. The molecule has 0 atom stereocenters. The van der Waals surface area contributed by atoms with E-state index >= 15 is 0 Å². The number of thiazole rings is 1. The summed E-state index contributed by atoms with van der Waals surface area (Å²) in [5.41, 5.74) is 0.403. The topological polar surface area (TPSA) is 62.2 Å². The SMILES string of the molecule is O=C(O)Nc1ccc2nc(C(F)(F)F)sc2c1. The molecule has 1 aromatic heterocycles. The van der Waals surface area contributed by atoms with Crippen molar-refractivity contribution in [3.63, 3.8) is 0 Å². The Morgan fingerprint density at radius 2 is 2.12 bits per heavy atom. The third-order valence-electron chi connectivity index (χ3n) is 1.88. The maximum Gasteiger partial charge on any atom is 0.443 e. The van der Waals surface area contributed by atoms with E-state index in [1.807, 2.05) is 0 Å². The van der Waals surface area contributed by atoms with E-state index in [9.17, 15) is 18.0 Å². The zero-order valence-corrected chi connectivity index (χ0v) is 8.89. The molecule has 0 spiro atoms. The third kappa shape index (κ3) is 2.47. The molecule has 0 aliphatic heterocycles. The Labute approximate surface area is 96.7 Å². The van der Waals surface area contributed by atoms with Crippen LogP contribution in [0.3, 0.4) is 0 Å². The summed E-state index contributed by atoms with van der Waals surface area (Å²) in [6, 6.07) is 4.01. The number of hydrogen-bond acceptors (Lipinski definition) is 3. The number of nitrogens with zero attached hydrogens (tertiary/aromatic N) is 1. The molecule has 0 saturated heterocycles. The number of aromatic nitrogens is 1. The van der Waals surface area contributed by atoms with Gasteiger partial charge in [0.1, 0.15) is 0 Å². The smallest absolute Gasteiger partial charge is 0.443 e. The number of carboxylic acid groups (broad SMARTS) is 1. The standard InChI is InChI=1S/C9H5F3N2O2S/c10-9(11,12)7-14-5-2-1-4(13-8(15)16)3-6(5)17-7/h1-3,13H,(H,15,16). The van der Waals surface area contributed by atoms with Crippen molar-refractivity contribution < 1.29 is 23.1 Å². The van der Waals surface area contributed by atoms with Gasteiger partial charge in [0.15, 0.2) is 5.01 Å². The number of rotatable bonds is 1. The van der Waals surface area contributed by atoms with Crippen molar-refractivity contribution in [3.8, 4) is 0 Å². The van der Waals surface area contributed by atoms with Crippen LogP contribution in [0.25, 0.3) is 10.2 Å². The van der Waals surface area contributed by atoms with Crippen LogP contribution in [0.4, 0.5) is 23.7 Å². The van der Waals surface area contributed by atoms with E-state index < -0.39 is 17.3 Å².